The maximum atomic E-state index is 12.8. The van der Waals surface area contributed by atoms with Crippen LogP contribution in [0.25, 0.3) is 0 Å². The maximum absolute atomic E-state index is 12.8. The number of ether oxygens (including phenoxy) is 1. The molecule has 1 N–H and O–H groups in total. The zero-order chi connectivity index (χ0) is 23.3. The molecule has 0 bridgehead atoms. The fourth-order valence-corrected chi connectivity index (χ4v) is 4.06. The van der Waals surface area contributed by atoms with Gasteiger partial charge in [-0.05, 0) is 62.4 Å². The number of carbonyl (C=O) groups is 2. The fourth-order valence-electron chi connectivity index (χ4n) is 2.86. The van der Waals surface area contributed by atoms with Crippen molar-refractivity contribution in [2.24, 2.45) is 0 Å². The van der Waals surface area contributed by atoms with E-state index in [2.05, 4.69) is 5.32 Å². The van der Waals surface area contributed by atoms with E-state index >= 15 is 0 Å². The smallest absolute Gasteiger partial charge is 0.338 e. The largest absolute Gasteiger partial charge is 0.452 e. The van der Waals surface area contributed by atoms with Crippen molar-refractivity contribution in [3.63, 3.8) is 0 Å². The third-order valence-electron chi connectivity index (χ3n) is 4.82. The Morgan fingerprint density at radius 1 is 0.844 bits per heavy atom. The number of carbonyl (C=O) groups excluding carboxylic acids is 2. The summed E-state index contributed by atoms with van der Waals surface area (Å²) in [5, 5.41) is 2.65. The van der Waals surface area contributed by atoms with Crippen molar-refractivity contribution >= 4 is 33.3 Å². The monoisotopic (exact) mass is 452 g/mol. The van der Waals surface area contributed by atoms with Crippen molar-refractivity contribution in [1.82, 2.24) is 0 Å². The van der Waals surface area contributed by atoms with E-state index in [9.17, 15) is 18.0 Å². The summed E-state index contributed by atoms with van der Waals surface area (Å²) in [5.41, 5.74) is 3.23. The summed E-state index contributed by atoms with van der Waals surface area (Å²) < 4.78 is 31.8. The Hall–Kier alpha value is -3.65. The van der Waals surface area contributed by atoms with Crippen molar-refractivity contribution in [1.29, 1.82) is 0 Å². The molecule has 0 atom stereocenters. The number of rotatable bonds is 7. The summed E-state index contributed by atoms with van der Waals surface area (Å²) in [6.07, 6.45) is 0. The van der Waals surface area contributed by atoms with Crippen molar-refractivity contribution in [2.75, 3.05) is 23.3 Å². The summed E-state index contributed by atoms with van der Waals surface area (Å²) in [4.78, 5) is 24.4. The van der Waals surface area contributed by atoms with Gasteiger partial charge in [-0.2, -0.15) is 0 Å². The van der Waals surface area contributed by atoms with Crippen LogP contribution in [0.4, 0.5) is 11.4 Å². The average Bonchev–Trinajstić information content (AvgIpc) is 2.79. The Labute approximate surface area is 187 Å². The quantitative estimate of drug-likeness (QED) is 0.549. The second-order valence-electron chi connectivity index (χ2n) is 7.32. The Kier molecular flexibility index (Phi) is 6.95. The molecular weight excluding hydrogens is 428 g/mol. The zero-order valence-electron chi connectivity index (χ0n) is 18.0. The number of nitrogens with one attached hydrogen (secondary N) is 1. The minimum absolute atomic E-state index is 0.175. The van der Waals surface area contributed by atoms with Gasteiger partial charge in [0.05, 0.1) is 16.1 Å². The number of anilines is 2. The lowest BCUT2D eigenvalue weighted by Gasteiger charge is -2.19. The predicted octanol–water partition coefficient (Wildman–Crippen LogP) is 3.92. The molecule has 0 radical (unpaired) electrons. The van der Waals surface area contributed by atoms with Crippen LogP contribution in [0.15, 0.2) is 77.7 Å². The normalized spacial score (nSPS) is 11.0. The van der Waals surface area contributed by atoms with Gasteiger partial charge in [-0.15, -0.1) is 0 Å². The molecule has 0 fully saturated rings. The predicted molar refractivity (Wildman–Crippen MR) is 123 cm³/mol. The van der Waals surface area contributed by atoms with Crippen molar-refractivity contribution in [3.8, 4) is 0 Å². The Balaban J connectivity index is 1.60. The second kappa shape index (κ2) is 9.65. The summed E-state index contributed by atoms with van der Waals surface area (Å²) in [5.74, 6) is -1.14. The lowest BCUT2D eigenvalue weighted by atomic mass is 10.2. The number of esters is 1. The summed E-state index contributed by atoms with van der Waals surface area (Å²) >= 11 is 0. The van der Waals surface area contributed by atoms with Crippen molar-refractivity contribution in [2.45, 2.75) is 18.7 Å². The van der Waals surface area contributed by atoms with E-state index in [0.717, 1.165) is 15.4 Å². The number of hydrogen-bond acceptors (Lipinski definition) is 5. The molecule has 0 heterocycles. The number of benzene rings is 3. The molecule has 3 rings (SSSR count). The van der Waals surface area contributed by atoms with Gasteiger partial charge in [0.2, 0.25) is 0 Å². The number of amides is 1. The van der Waals surface area contributed by atoms with E-state index in [1.807, 2.05) is 26.0 Å². The van der Waals surface area contributed by atoms with Crippen LogP contribution in [0, 0.1) is 13.8 Å². The number of hydrogen-bond donors (Lipinski definition) is 1. The molecule has 1 amide bonds. The molecule has 0 unspecified atom stereocenters. The SMILES string of the molecule is Cc1ccc(NC(=O)COC(=O)c2ccc(N(C)S(=O)(=O)c3ccc(C)cc3)cc2)cc1. The topological polar surface area (TPSA) is 92.8 Å². The third-order valence-corrected chi connectivity index (χ3v) is 6.62. The molecular formula is C24H24N2O5S. The summed E-state index contributed by atoms with van der Waals surface area (Å²) in [6, 6.07) is 19.7. The standard InChI is InChI=1S/C24H24N2O5S/c1-17-4-10-20(11-5-17)25-23(27)16-31-24(28)19-8-12-21(13-9-19)26(3)32(29,30)22-14-6-18(2)7-15-22/h4-15H,16H2,1-3H3,(H,25,27). The minimum Gasteiger partial charge on any atom is -0.452 e. The van der Waals surface area contributed by atoms with Crippen molar-refractivity contribution < 1.29 is 22.7 Å². The van der Waals surface area contributed by atoms with Crippen LogP contribution in [-0.2, 0) is 19.6 Å². The highest BCUT2D eigenvalue weighted by Crippen LogP contribution is 2.23. The molecule has 0 spiro atoms. The molecule has 0 aromatic heterocycles. The molecule has 0 aliphatic carbocycles. The molecule has 0 saturated carbocycles. The molecule has 0 aliphatic rings. The van der Waals surface area contributed by atoms with E-state index in [0.29, 0.717) is 11.4 Å². The maximum Gasteiger partial charge on any atom is 0.338 e. The summed E-state index contributed by atoms with van der Waals surface area (Å²) in [7, 11) is -2.29. The lowest BCUT2D eigenvalue weighted by molar-refractivity contribution is -0.119. The van der Waals surface area contributed by atoms with E-state index < -0.39 is 28.5 Å². The second-order valence-corrected chi connectivity index (χ2v) is 9.29. The van der Waals surface area contributed by atoms with Gasteiger partial charge in [0, 0.05) is 12.7 Å². The molecule has 3 aromatic carbocycles. The van der Waals surface area contributed by atoms with Gasteiger partial charge in [0.15, 0.2) is 6.61 Å². The van der Waals surface area contributed by atoms with Gasteiger partial charge < -0.3 is 10.1 Å². The molecule has 7 nitrogen and oxygen atoms in total. The van der Waals surface area contributed by atoms with Crippen LogP contribution >= 0.6 is 0 Å². The average molecular weight is 453 g/mol. The van der Waals surface area contributed by atoms with Crippen LogP contribution in [-0.4, -0.2) is 33.9 Å². The van der Waals surface area contributed by atoms with Gasteiger partial charge in [-0.3, -0.25) is 9.10 Å². The highest BCUT2D eigenvalue weighted by Gasteiger charge is 2.21. The lowest BCUT2D eigenvalue weighted by Crippen LogP contribution is -2.26. The fraction of sp³-hybridized carbons (Fsp3) is 0.167. The van der Waals surface area contributed by atoms with Crippen LogP contribution < -0.4 is 9.62 Å². The Bertz CT molecular complexity index is 1200. The Morgan fingerprint density at radius 2 is 1.38 bits per heavy atom. The Morgan fingerprint density at radius 3 is 1.94 bits per heavy atom. The first-order valence-corrected chi connectivity index (χ1v) is 11.3. The number of aryl methyl sites for hydroxylation is 2. The summed E-state index contributed by atoms with van der Waals surface area (Å²) in [6.45, 7) is 3.38. The third kappa shape index (κ3) is 5.53. The highest BCUT2D eigenvalue weighted by atomic mass is 32.2. The molecule has 32 heavy (non-hydrogen) atoms. The van der Waals surface area contributed by atoms with Crippen molar-refractivity contribution in [3.05, 3.63) is 89.5 Å². The van der Waals surface area contributed by atoms with Gasteiger partial charge in [0.1, 0.15) is 0 Å². The van der Waals surface area contributed by atoms with E-state index in [1.165, 1.54) is 31.3 Å². The molecule has 166 valence electrons. The highest BCUT2D eigenvalue weighted by molar-refractivity contribution is 7.92. The van der Waals surface area contributed by atoms with Crippen LogP contribution in [0.1, 0.15) is 21.5 Å². The molecule has 0 saturated heterocycles. The zero-order valence-corrected chi connectivity index (χ0v) is 18.8. The van der Waals surface area contributed by atoms with Gasteiger partial charge in [-0.25, -0.2) is 13.2 Å². The van der Waals surface area contributed by atoms with Gasteiger partial charge in [-0.1, -0.05) is 35.4 Å². The first kappa shape index (κ1) is 23.0. The van der Waals surface area contributed by atoms with E-state index in [-0.39, 0.29) is 10.5 Å². The number of sulfonamides is 1. The first-order valence-electron chi connectivity index (χ1n) is 9.86. The van der Waals surface area contributed by atoms with Crippen LogP contribution in [0.5, 0.6) is 0 Å². The molecule has 3 aromatic rings. The molecule has 0 aliphatic heterocycles. The van der Waals surface area contributed by atoms with Gasteiger partial charge in [0.25, 0.3) is 15.9 Å². The van der Waals surface area contributed by atoms with Gasteiger partial charge >= 0.3 is 5.97 Å². The first-order chi connectivity index (χ1) is 15.2. The van der Waals surface area contributed by atoms with E-state index in [1.54, 1.807) is 36.4 Å². The minimum atomic E-state index is -3.73. The van der Waals surface area contributed by atoms with Crippen LogP contribution in [0.2, 0.25) is 0 Å². The van der Waals surface area contributed by atoms with E-state index in [4.69, 9.17) is 4.74 Å². The molecule has 8 heteroatoms. The van der Waals surface area contributed by atoms with Crippen LogP contribution in [0.3, 0.4) is 0 Å². The number of nitrogens with zero attached hydrogens (tertiary/aromatic N) is 1.